The van der Waals surface area contributed by atoms with Gasteiger partial charge in [0, 0.05) is 19.3 Å². The van der Waals surface area contributed by atoms with E-state index >= 15 is 0 Å². The van der Waals surface area contributed by atoms with Crippen molar-refractivity contribution in [1.82, 2.24) is 0 Å². The summed E-state index contributed by atoms with van der Waals surface area (Å²) in [4.78, 5) is 37.4. The highest BCUT2D eigenvalue weighted by molar-refractivity contribution is 5.71. The number of carbonyl (C=O) groups is 3. The molecular weight excluding hydrogens is 624 g/mol. The van der Waals surface area contributed by atoms with Crippen LogP contribution < -0.4 is 0 Å². The normalized spacial score (nSPS) is 11.8. The molecule has 0 heterocycles. The molecule has 6 nitrogen and oxygen atoms in total. The van der Waals surface area contributed by atoms with E-state index in [0.717, 1.165) is 64.2 Å². The maximum Gasteiger partial charge on any atom is 0.306 e. The number of rotatable bonds is 40. The molecule has 0 fully saturated rings. The van der Waals surface area contributed by atoms with E-state index in [2.05, 4.69) is 20.8 Å². The first-order chi connectivity index (χ1) is 24.5. The predicted octanol–water partition coefficient (Wildman–Crippen LogP) is 13.7. The minimum Gasteiger partial charge on any atom is -0.462 e. The van der Waals surface area contributed by atoms with Crippen LogP contribution in [0.3, 0.4) is 0 Å². The quantitative estimate of drug-likeness (QED) is 0.0358. The number of esters is 3. The molecule has 0 spiro atoms. The van der Waals surface area contributed by atoms with Crippen molar-refractivity contribution in [3.63, 3.8) is 0 Å². The van der Waals surface area contributed by atoms with Crippen molar-refractivity contribution in [2.24, 2.45) is 0 Å². The van der Waals surface area contributed by atoms with Gasteiger partial charge in [0.15, 0.2) is 6.10 Å². The lowest BCUT2D eigenvalue weighted by Gasteiger charge is -2.18. The molecule has 0 saturated heterocycles. The molecule has 0 N–H and O–H groups in total. The Bertz CT molecular complexity index is 738. The number of ether oxygens (including phenoxy) is 3. The molecule has 0 saturated carbocycles. The van der Waals surface area contributed by atoms with Crippen LogP contribution in [0.25, 0.3) is 0 Å². The van der Waals surface area contributed by atoms with Gasteiger partial charge in [0.05, 0.1) is 0 Å². The maximum absolute atomic E-state index is 12.6. The fraction of sp³-hybridized carbons (Fsp3) is 0.932. The van der Waals surface area contributed by atoms with E-state index in [1.165, 1.54) is 141 Å². The summed E-state index contributed by atoms with van der Waals surface area (Å²) in [5.41, 5.74) is 0. The topological polar surface area (TPSA) is 78.9 Å². The van der Waals surface area contributed by atoms with Crippen molar-refractivity contribution < 1.29 is 28.6 Å². The van der Waals surface area contributed by atoms with E-state index in [-0.39, 0.29) is 31.1 Å². The van der Waals surface area contributed by atoms with Crippen LogP contribution in [0.4, 0.5) is 0 Å². The van der Waals surface area contributed by atoms with Gasteiger partial charge in [-0.3, -0.25) is 14.4 Å². The number of hydrogen-bond donors (Lipinski definition) is 0. The molecule has 0 radical (unpaired) electrons. The molecule has 50 heavy (non-hydrogen) atoms. The van der Waals surface area contributed by atoms with Gasteiger partial charge in [-0.25, -0.2) is 0 Å². The van der Waals surface area contributed by atoms with E-state index in [0.29, 0.717) is 19.3 Å². The lowest BCUT2D eigenvalue weighted by atomic mass is 10.0. The zero-order valence-corrected chi connectivity index (χ0v) is 33.7. The summed E-state index contributed by atoms with van der Waals surface area (Å²) in [6.45, 7) is 6.57. The van der Waals surface area contributed by atoms with Crippen LogP contribution in [0, 0.1) is 0 Å². The predicted molar refractivity (Wildman–Crippen MR) is 210 cm³/mol. The van der Waals surface area contributed by atoms with Crippen LogP contribution in [0.1, 0.15) is 245 Å². The maximum atomic E-state index is 12.6. The van der Waals surface area contributed by atoms with Crippen molar-refractivity contribution in [1.29, 1.82) is 0 Å². The van der Waals surface area contributed by atoms with Crippen LogP contribution in [-0.2, 0) is 28.6 Å². The minimum absolute atomic E-state index is 0.0639. The number of hydrogen-bond acceptors (Lipinski definition) is 6. The zero-order chi connectivity index (χ0) is 36.6. The lowest BCUT2D eigenvalue weighted by molar-refractivity contribution is -0.167. The van der Waals surface area contributed by atoms with E-state index in [4.69, 9.17) is 14.2 Å². The van der Waals surface area contributed by atoms with Crippen LogP contribution >= 0.6 is 0 Å². The molecule has 0 aliphatic carbocycles. The summed E-state index contributed by atoms with van der Waals surface area (Å²) >= 11 is 0. The fourth-order valence-electron chi connectivity index (χ4n) is 6.50. The Morgan fingerprint density at radius 1 is 0.320 bits per heavy atom. The van der Waals surface area contributed by atoms with Crippen LogP contribution in [0.2, 0.25) is 0 Å². The van der Waals surface area contributed by atoms with Crippen molar-refractivity contribution in [2.75, 3.05) is 13.2 Å². The second kappa shape index (κ2) is 40.2. The Balaban J connectivity index is 4.19. The lowest BCUT2D eigenvalue weighted by Crippen LogP contribution is -2.30. The van der Waals surface area contributed by atoms with E-state index < -0.39 is 6.10 Å². The monoisotopic (exact) mass is 709 g/mol. The summed E-state index contributed by atoms with van der Waals surface area (Å²) in [7, 11) is 0. The molecule has 6 heteroatoms. The van der Waals surface area contributed by atoms with E-state index in [9.17, 15) is 14.4 Å². The summed E-state index contributed by atoms with van der Waals surface area (Å²) in [5.74, 6) is -0.867. The Morgan fingerprint density at radius 3 is 0.800 bits per heavy atom. The first kappa shape index (κ1) is 48.4. The second-order valence-corrected chi connectivity index (χ2v) is 15.0. The average Bonchev–Trinajstić information content (AvgIpc) is 3.11. The molecule has 0 unspecified atom stereocenters. The van der Waals surface area contributed by atoms with Gasteiger partial charge in [0.2, 0.25) is 0 Å². The third-order valence-electron chi connectivity index (χ3n) is 9.86. The molecule has 0 aromatic heterocycles. The smallest absolute Gasteiger partial charge is 0.306 e. The van der Waals surface area contributed by atoms with Gasteiger partial charge < -0.3 is 14.2 Å². The SMILES string of the molecule is CCCCCCCCCCCCCCCCC(=O)OC[C@H](COC(=O)CCCCCCC)OC(=O)CCCCCCCCCCCCCCC. The molecule has 296 valence electrons. The third kappa shape index (κ3) is 37.7. The van der Waals surface area contributed by atoms with Crippen molar-refractivity contribution in [2.45, 2.75) is 252 Å². The second-order valence-electron chi connectivity index (χ2n) is 15.0. The van der Waals surface area contributed by atoms with Gasteiger partial charge >= 0.3 is 17.9 Å². The molecule has 0 aromatic rings. The standard InChI is InChI=1S/C44H84O6/c1-4-7-10-13-15-17-19-21-23-24-26-28-31-34-37-43(46)49-40-41(39-48-42(45)36-33-30-12-9-6-3)50-44(47)38-35-32-29-27-25-22-20-18-16-14-11-8-5-2/h41H,4-40H2,1-3H3/t41-/m0/s1. The van der Waals surface area contributed by atoms with Crippen LogP contribution in [0.15, 0.2) is 0 Å². The molecule has 0 bridgehead atoms. The Hall–Kier alpha value is -1.59. The highest BCUT2D eigenvalue weighted by atomic mass is 16.6. The fourth-order valence-corrected chi connectivity index (χ4v) is 6.50. The van der Waals surface area contributed by atoms with E-state index in [1.807, 2.05) is 0 Å². The van der Waals surface area contributed by atoms with Crippen LogP contribution in [0.5, 0.6) is 0 Å². The summed E-state index contributed by atoms with van der Waals surface area (Å²) in [5, 5.41) is 0. The minimum atomic E-state index is -0.756. The molecule has 0 aliphatic rings. The van der Waals surface area contributed by atoms with Gasteiger partial charge in [-0.2, -0.15) is 0 Å². The summed E-state index contributed by atoms with van der Waals surface area (Å²) < 4.78 is 16.6. The Morgan fingerprint density at radius 2 is 0.540 bits per heavy atom. The molecule has 0 aromatic carbocycles. The van der Waals surface area contributed by atoms with Gasteiger partial charge in [-0.15, -0.1) is 0 Å². The molecule has 0 rings (SSSR count). The molecule has 1 atom stereocenters. The highest BCUT2D eigenvalue weighted by Crippen LogP contribution is 2.15. The van der Waals surface area contributed by atoms with E-state index in [1.54, 1.807) is 0 Å². The first-order valence-corrected chi connectivity index (χ1v) is 22.0. The first-order valence-electron chi connectivity index (χ1n) is 22.0. The van der Waals surface area contributed by atoms with Crippen LogP contribution in [-0.4, -0.2) is 37.2 Å². The summed E-state index contributed by atoms with van der Waals surface area (Å²) in [6, 6.07) is 0. The largest absolute Gasteiger partial charge is 0.462 e. The summed E-state index contributed by atoms with van der Waals surface area (Å²) in [6.07, 6.45) is 39.7. The zero-order valence-electron chi connectivity index (χ0n) is 33.7. The van der Waals surface area contributed by atoms with Crippen molar-refractivity contribution in [3.8, 4) is 0 Å². The molecule has 0 amide bonds. The number of unbranched alkanes of at least 4 members (excludes halogenated alkanes) is 29. The average molecular weight is 709 g/mol. The van der Waals surface area contributed by atoms with Gasteiger partial charge in [0.1, 0.15) is 13.2 Å². The molecule has 0 aliphatic heterocycles. The van der Waals surface area contributed by atoms with Gasteiger partial charge in [-0.1, -0.05) is 207 Å². The van der Waals surface area contributed by atoms with Gasteiger partial charge in [-0.05, 0) is 19.3 Å². The van der Waals surface area contributed by atoms with Crippen molar-refractivity contribution in [3.05, 3.63) is 0 Å². The highest BCUT2D eigenvalue weighted by Gasteiger charge is 2.19. The molecular formula is C44H84O6. The Labute approximate surface area is 310 Å². The third-order valence-corrected chi connectivity index (χ3v) is 9.86. The number of carbonyl (C=O) groups excluding carboxylic acids is 3. The van der Waals surface area contributed by atoms with Gasteiger partial charge in [0.25, 0.3) is 0 Å². The Kier molecular flexibility index (Phi) is 38.9. The van der Waals surface area contributed by atoms with Crippen molar-refractivity contribution >= 4 is 17.9 Å².